The Morgan fingerprint density at radius 2 is 1.81 bits per heavy atom. The van der Waals surface area contributed by atoms with E-state index in [2.05, 4.69) is 9.97 Å². The van der Waals surface area contributed by atoms with Crippen LogP contribution in [0.25, 0.3) is 0 Å². The van der Waals surface area contributed by atoms with E-state index >= 15 is 0 Å². The summed E-state index contributed by atoms with van der Waals surface area (Å²) in [5, 5.41) is 10.2. The normalized spacial score (nSPS) is 14.9. The average molecular weight is 226 g/mol. The van der Waals surface area contributed by atoms with Gasteiger partial charge in [0.25, 0.3) is 0 Å². The monoisotopic (exact) mass is 226 g/mol. The van der Waals surface area contributed by atoms with Gasteiger partial charge in [-0.2, -0.15) is 0 Å². The number of methoxy groups -OCH3 is 2. The first kappa shape index (κ1) is 12.9. The highest BCUT2D eigenvalue weighted by atomic mass is 16.5. The molecule has 90 valence electrons. The third-order valence-electron chi connectivity index (χ3n) is 2.41. The second-order valence-electron chi connectivity index (χ2n) is 3.84. The van der Waals surface area contributed by atoms with Crippen molar-refractivity contribution < 1.29 is 14.6 Å². The molecule has 1 aromatic heterocycles. The molecule has 2 atom stereocenters. The standard InChI is InChI=1S/C11H18N2O3/c1-7(2)10(15-3)9(14)8-11(16-4)13-6-5-12-8/h5-7,9-10,14H,1-4H3. The Bertz CT molecular complexity index is 331. The van der Waals surface area contributed by atoms with Gasteiger partial charge in [0, 0.05) is 19.5 Å². The highest BCUT2D eigenvalue weighted by molar-refractivity contribution is 5.20. The van der Waals surface area contributed by atoms with Crippen LogP contribution in [0.1, 0.15) is 25.6 Å². The van der Waals surface area contributed by atoms with E-state index in [1.807, 2.05) is 13.8 Å². The maximum atomic E-state index is 10.2. The van der Waals surface area contributed by atoms with Crippen LogP contribution < -0.4 is 4.74 Å². The third kappa shape index (κ3) is 2.68. The van der Waals surface area contributed by atoms with Gasteiger partial charge in [0.15, 0.2) is 0 Å². The van der Waals surface area contributed by atoms with Gasteiger partial charge in [-0.15, -0.1) is 0 Å². The van der Waals surface area contributed by atoms with Gasteiger partial charge in [0.2, 0.25) is 5.88 Å². The summed E-state index contributed by atoms with van der Waals surface area (Å²) >= 11 is 0. The molecule has 0 aliphatic heterocycles. The van der Waals surface area contributed by atoms with Crippen molar-refractivity contribution in [2.24, 2.45) is 5.92 Å². The molecule has 2 unspecified atom stereocenters. The molecule has 0 saturated carbocycles. The minimum absolute atomic E-state index is 0.173. The summed E-state index contributed by atoms with van der Waals surface area (Å²) in [5.74, 6) is 0.504. The van der Waals surface area contributed by atoms with Crippen molar-refractivity contribution in [2.45, 2.75) is 26.1 Å². The van der Waals surface area contributed by atoms with Gasteiger partial charge in [-0.3, -0.25) is 4.98 Å². The van der Waals surface area contributed by atoms with Crippen molar-refractivity contribution in [3.63, 3.8) is 0 Å². The van der Waals surface area contributed by atoms with Crippen molar-refractivity contribution >= 4 is 0 Å². The number of aromatic nitrogens is 2. The maximum absolute atomic E-state index is 10.2. The fraction of sp³-hybridized carbons (Fsp3) is 0.636. The third-order valence-corrected chi connectivity index (χ3v) is 2.41. The zero-order valence-electron chi connectivity index (χ0n) is 10.0. The molecule has 0 aliphatic carbocycles. The zero-order chi connectivity index (χ0) is 12.1. The lowest BCUT2D eigenvalue weighted by Gasteiger charge is -2.24. The van der Waals surface area contributed by atoms with Gasteiger partial charge in [-0.05, 0) is 5.92 Å². The van der Waals surface area contributed by atoms with E-state index in [-0.39, 0.29) is 12.0 Å². The van der Waals surface area contributed by atoms with Gasteiger partial charge >= 0.3 is 0 Å². The van der Waals surface area contributed by atoms with Crippen LogP contribution in [0.15, 0.2) is 12.4 Å². The molecule has 5 nitrogen and oxygen atoms in total. The lowest BCUT2D eigenvalue weighted by molar-refractivity contribution is -0.0420. The fourth-order valence-electron chi connectivity index (χ4n) is 1.62. The molecular weight excluding hydrogens is 208 g/mol. The highest BCUT2D eigenvalue weighted by Crippen LogP contribution is 2.27. The lowest BCUT2D eigenvalue weighted by Crippen LogP contribution is -2.27. The molecule has 1 heterocycles. The molecule has 5 heteroatoms. The summed E-state index contributed by atoms with van der Waals surface area (Å²) in [4.78, 5) is 8.08. The first-order valence-corrected chi connectivity index (χ1v) is 5.17. The quantitative estimate of drug-likeness (QED) is 0.817. The summed E-state index contributed by atoms with van der Waals surface area (Å²) in [7, 11) is 3.06. The van der Waals surface area contributed by atoms with Crippen LogP contribution in [0, 0.1) is 5.92 Å². The number of rotatable bonds is 5. The number of aliphatic hydroxyl groups excluding tert-OH is 1. The molecule has 1 N–H and O–H groups in total. The first-order chi connectivity index (χ1) is 7.61. The average Bonchev–Trinajstić information content (AvgIpc) is 2.29. The number of aliphatic hydroxyl groups is 1. The number of hydrogen-bond acceptors (Lipinski definition) is 5. The van der Waals surface area contributed by atoms with E-state index in [1.54, 1.807) is 7.11 Å². The first-order valence-electron chi connectivity index (χ1n) is 5.17. The van der Waals surface area contributed by atoms with Crippen LogP contribution >= 0.6 is 0 Å². The van der Waals surface area contributed by atoms with E-state index in [1.165, 1.54) is 19.5 Å². The van der Waals surface area contributed by atoms with Crippen LogP contribution in [0.5, 0.6) is 5.88 Å². The number of ether oxygens (including phenoxy) is 2. The van der Waals surface area contributed by atoms with E-state index in [0.717, 1.165) is 0 Å². The molecule has 0 fully saturated rings. The smallest absolute Gasteiger partial charge is 0.238 e. The van der Waals surface area contributed by atoms with Gasteiger partial charge in [-0.1, -0.05) is 13.8 Å². The van der Waals surface area contributed by atoms with Crippen molar-refractivity contribution in [3.8, 4) is 5.88 Å². The molecule has 0 bridgehead atoms. The predicted molar refractivity (Wildman–Crippen MR) is 59.2 cm³/mol. The van der Waals surface area contributed by atoms with Crippen LogP contribution in [-0.4, -0.2) is 35.4 Å². The van der Waals surface area contributed by atoms with Crippen molar-refractivity contribution in [1.29, 1.82) is 0 Å². The topological polar surface area (TPSA) is 64.5 Å². The largest absolute Gasteiger partial charge is 0.480 e. The van der Waals surface area contributed by atoms with E-state index < -0.39 is 6.10 Å². The van der Waals surface area contributed by atoms with Crippen LogP contribution in [0.2, 0.25) is 0 Å². The van der Waals surface area contributed by atoms with Gasteiger partial charge in [0.1, 0.15) is 11.8 Å². The summed E-state index contributed by atoms with van der Waals surface area (Å²) < 4.78 is 10.3. The van der Waals surface area contributed by atoms with Gasteiger partial charge in [-0.25, -0.2) is 4.98 Å². The molecule has 16 heavy (non-hydrogen) atoms. The highest BCUT2D eigenvalue weighted by Gasteiger charge is 2.27. The summed E-state index contributed by atoms with van der Waals surface area (Å²) in [6, 6.07) is 0. The van der Waals surface area contributed by atoms with Crippen molar-refractivity contribution in [2.75, 3.05) is 14.2 Å². The molecular formula is C11H18N2O3. The van der Waals surface area contributed by atoms with E-state index in [4.69, 9.17) is 9.47 Å². The number of nitrogens with zero attached hydrogens (tertiary/aromatic N) is 2. The van der Waals surface area contributed by atoms with Gasteiger partial charge < -0.3 is 14.6 Å². The Hall–Kier alpha value is -1.20. The van der Waals surface area contributed by atoms with Crippen molar-refractivity contribution in [1.82, 2.24) is 9.97 Å². The summed E-state index contributed by atoms with van der Waals surface area (Å²) in [6.45, 7) is 3.94. The molecule has 0 aliphatic rings. The van der Waals surface area contributed by atoms with Crippen molar-refractivity contribution in [3.05, 3.63) is 18.1 Å². The SMILES string of the molecule is COc1nccnc1C(O)C(OC)C(C)C. The Labute approximate surface area is 95.4 Å². The molecule has 0 radical (unpaired) electrons. The number of hydrogen-bond donors (Lipinski definition) is 1. The Morgan fingerprint density at radius 3 is 2.31 bits per heavy atom. The molecule has 0 spiro atoms. The Kier molecular flexibility index (Phi) is 4.64. The molecule has 0 saturated heterocycles. The minimum atomic E-state index is -0.839. The molecule has 0 aromatic carbocycles. The Morgan fingerprint density at radius 1 is 1.19 bits per heavy atom. The van der Waals surface area contributed by atoms with E-state index in [0.29, 0.717) is 11.6 Å². The predicted octanol–water partition coefficient (Wildman–Crippen LogP) is 1.19. The second kappa shape index (κ2) is 5.77. The summed E-state index contributed by atoms with van der Waals surface area (Å²) in [6.07, 6.45) is 1.87. The Balaban J connectivity index is 2.98. The van der Waals surface area contributed by atoms with Gasteiger partial charge in [0.05, 0.1) is 13.2 Å². The fourth-order valence-corrected chi connectivity index (χ4v) is 1.62. The zero-order valence-corrected chi connectivity index (χ0v) is 10.0. The second-order valence-corrected chi connectivity index (χ2v) is 3.84. The lowest BCUT2D eigenvalue weighted by atomic mass is 9.99. The minimum Gasteiger partial charge on any atom is -0.480 e. The van der Waals surface area contributed by atoms with Crippen LogP contribution in [0.3, 0.4) is 0 Å². The van der Waals surface area contributed by atoms with Crippen LogP contribution in [-0.2, 0) is 4.74 Å². The van der Waals surface area contributed by atoms with Crippen LogP contribution in [0.4, 0.5) is 0 Å². The molecule has 0 amide bonds. The van der Waals surface area contributed by atoms with E-state index in [9.17, 15) is 5.11 Å². The maximum Gasteiger partial charge on any atom is 0.238 e. The summed E-state index contributed by atoms with van der Waals surface area (Å²) in [5.41, 5.74) is 0.408. The molecule has 1 aromatic rings. The molecule has 1 rings (SSSR count).